The van der Waals surface area contributed by atoms with Crippen molar-refractivity contribution in [2.24, 2.45) is 0 Å². The molecule has 0 aliphatic rings. The summed E-state index contributed by atoms with van der Waals surface area (Å²) >= 11 is 0. The van der Waals surface area contributed by atoms with Crippen LogP contribution in [0.3, 0.4) is 0 Å². The Morgan fingerprint density at radius 2 is 0.889 bits per heavy atom. The Bertz CT molecular complexity index is 3220. The van der Waals surface area contributed by atoms with Crippen LogP contribution in [0.1, 0.15) is 0 Å². The van der Waals surface area contributed by atoms with Gasteiger partial charge in [-0.25, -0.2) is 15.0 Å². The van der Waals surface area contributed by atoms with Gasteiger partial charge in [0.1, 0.15) is 22.3 Å². The Balaban J connectivity index is 1.18. The molecule has 8 aromatic carbocycles. The number of hydrogen-bond acceptors (Lipinski definition) is 5. The van der Waals surface area contributed by atoms with E-state index < -0.39 is 0 Å². The number of hydrogen-bond donors (Lipinski definition) is 0. The summed E-state index contributed by atoms with van der Waals surface area (Å²) in [7, 11) is 0. The van der Waals surface area contributed by atoms with E-state index in [1.165, 1.54) is 0 Å². The minimum absolute atomic E-state index is 0.579. The van der Waals surface area contributed by atoms with E-state index in [4.69, 9.17) is 23.8 Å². The number of para-hydroxylation sites is 1. The van der Waals surface area contributed by atoms with E-state index in [-0.39, 0.29) is 0 Å². The van der Waals surface area contributed by atoms with Crippen molar-refractivity contribution in [3.8, 4) is 56.4 Å². The minimum atomic E-state index is 0.579. The molecule has 0 radical (unpaired) electrons. The van der Waals surface area contributed by atoms with Crippen molar-refractivity contribution in [2.45, 2.75) is 0 Å². The van der Waals surface area contributed by atoms with Gasteiger partial charge in [0.2, 0.25) is 0 Å². The molecule has 0 amide bonds. The second-order valence-corrected chi connectivity index (χ2v) is 13.6. The van der Waals surface area contributed by atoms with Gasteiger partial charge in [0.25, 0.3) is 0 Å². The molecule has 5 heteroatoms. The predicted octanol–water partition coefficient (Wildman–Crippen LogP) is 13.2. The number of furan rings is 2. The molecule has 252 valence electrons. The molecule has 0 unspecified atom stereocenters. The highest BCUT2D eigenvalue weighted by Gasteiger charge is 2.20. The molecule has 0 aliphatic heterocycles. The second kappa shape index (κ2) is 12.1. The lowest BCUT2D eigenvalue weighted by molar-refractivity contribution is 0.669. The molecule has 0 aliphatic carbocycles. The first-order valence-corrected chi connectivity index (χ1v) is 18.0. The van der Waals surface area contributed by atoms with Crippen molar-refractivity contribution in [1.82, 2.24) is 15.0 Å². The van der Waals surface area contributed by atoms with E-state index in [2.05, 4.69) is 103 Å². The lowest BCUT2D eigenvalue weighted by atomic mass is 9.93. The molecule has 3 aromatic heterocycles. The fourth-order valence-corrected chi connectivity index (χ4v) is 7.81. The number of rotatable bonds is 5. The highest BCUT2D eigenvalue weighted by molar-refractivity contribution is 6.19. The molecule has 11 rings (SSSR count). The largest absolute Gasteiger partial charge is 0.456 e. The standard InChI is InChI=1S/C49H29N3O2/c1-3-13-30(14-4-1)33-27-34(36-20-11-23-42-44(36)38-19-9-10-22-41(38)53-42)29-35(28-33)48-50-47(32-16-5-2-6-17-32)51-49(52-48)40-21-12-24-43-45(40)39-26-25-31-15-7-8-18-37(31)46(39)54-43/h1-29H. The summed E-state index contributed by atoms with van der Waals surface area (Å²) in [6.45, 7) is 0. The summed E-state index contributed by atoms with van der Waals surface area (Å²) in [4.78, 5) is 15.6. The van der Waals surface area contributed by atoms with Crippen molar-refractivity contribution in [3.63, 3.8) is 0 Å². The summed E-state index contributed by atoms with van der Waals surface area (Å²) in [5, 5.41) is 6.37. The first kappa shape index (κ1) is 30.3. The molecule has 54 heavy (non-hydrogen) atoms. The predicted molar refractivity (Wildman–Crippen MR) is 219 cm³/mol. The first-order chi connectivity index (χ1) is 26.7. The molecule has 5 nitrogen and oxygen atoms in total. The third kappa shape index (κ3) is 4.90. The lowest BCUT2D eigenvalue weighted by Gasteiger charge is -2.13. The van der Waals surface area contributed by atoms with Gasteiger partial charge in [-0.1, -0.05) is 133 Å². The van der Waals surface area contributed by atoms with Crippen molar-refractivity contribution in [2.75, 3.05) is 0 Å². The van der Waals surface area contributed by atoms with Crippen LogP contribution in [0.2, 0.25) is 0 Å². The lowest BCUT2D eigenvalue weighted by Crippen LogP contribution is -2.01. The van der Waals surface area contributed by atoms with E-state index in [1.54, 1.807) is 0 Å². The quantitative estimate of drug-likeness (QED) is 0.180. The zero-order valence-electron chi connectivity index (χ0n) is 28.9. The summed E-state index contributed by atoms with van der Waals surface area (Å²) in [6, 6.07) is 60.4. The smallest absolute Gasteiger partial charge is 0.164 e. The monoisotopic (exact) mass is 691 g/mol. The number of benzene rings is 8. The third-order valence-electron chi connectivity index (χ3n) is 10.3. The molecule has 0 atom stereocenters. The number of nitrogens with zero attached hydrogens (tertiary/aromatic N) is 3. The highest BCUT2D eigenvalue weighted by atomic mass is 16.3. The molecule has 11 aromatic rings. The normalized spacial score (nSPS) is 11.7. The molecule has 3 heterocycles. The second-order valence-electron chi connectivity index (χ2n) is 13.6. The van der Waals surface area contributed by atoms with Crippen molar-refractivity contribution < 1.29 is 8.83 Å². The topological polar surface area (TPSA) is 65.0 Å². The molecular formula is C49H29N3O2. The summed E-state index contributed by atoms with van der Waals surface area (Å²) in [5.41, 5.74) is 10.3. The van der Waals surface area contributed by atoms with Crippen LogP contribution in [0, 0.1) is 0 Å². The molecule has 0 spiro atoms. The molecule has 0 fully saturated rings. The van der Waals surface area contributed by atoms with E-state index in [1.807, 2.05) is 72.8 Å². The third-order valence-corrected chi connectivity index (χ3v) is 10.3. The Kier molecular flexibility index (Phi) is 6.79. The van der Waals surface area contributed by atoms with Crippen LogP contribution in [0.15, 0.2) is 185 Å². The van der Waals surface area contributed by atoms with Gasteiger partial charge >= 0.3 is 0 Å². The number of aromatic nitrogens is 3. The van der Waals surface area contributed by atoms with Crippen LogP contribution in [-0.4, -0.2) is 15.0 Å². The summed E-state index contributed by atoms with van der Waals surface area (Å²) < 4.78 is 12.9. The van der Waals surface area contributed by atoms with Crippen LogP contribution in [0.25, 0.3) is 111 Å². The van der Waals surface area contributed by atoms with Gasteiger partial charge in [-0.3, -0.25) is 0 Å². The van der Waals surface area contributed by atoms with Gasteiger partial charge < -0.3 is 8.83 Å². The molecule has 0 bridgehead atoms. The molecular weight excluding hydrogens is 663 g/mol. The van der Waals surface area contributed by atoms with Gasteiger partial charge in [0, 0.05) is 43.6 Å². The molecule has 0 saturated heterocycles. The van der Waals surface area contributed by atoms with Crippen molar-refractivity contribution in [3.05, 3.63) is 176 Å². The average Bonchev–Trinajstić information content (AvgIpc) is 3.83. The average molecular weight is 692 g/mol. The van der Waals surface area contributed by atoms with Crippen LogP contribution in [-0.2, 0) is 0 Å². The van der Waals surface area contributed by atoms with Crippen molar-refractivity contribution in [1.29, 1.82) is 0 Å². The Labute approximate surface area is 309 Å². The van der Waals surface area contributed by atoms with Gasteiger partial charge in [-0.05, 0) is 70.1 Å². The maximum Gasteiger partial charge on any atom is 0.164 e. The molecule has 0 saturated carbocycles. The Morgan fingerprint density at radius 3 is 1.70 bits per heavy atom. The Hall–Kier alpha value is -7.37. The zero-order valence-corrected chi connectivity index (χ0v) is 28.9. The summed E-state index contributed by atoms with van der Waals surface area (Å²) in [5.74, 6) is 1.76. The molecule has 0 N–H and O–H groups in total. The van der Waals surface area contributed by atoms with E-state index in [0.29, 0.717) is 17.5 Å². The van der Waals surface area contributed by atoms with E-state index in [0.717, 1.165) is 93.6 Å². The SMILES string of the molecule is c1ccc(-c2cc(-c3nc(-c4ccccc4)nc(-c4cccc5oc6c7ccccc7ccc6c45)n3)cc(-c3cccc4oc5ccccc5c34)c2)cc1. The maximum absolute atomic E-state index is 6.57. The van der Waals surface area contributed by atoms with E-state index in [9.17, 15) is 0 Å². The van der Waals surface area contributed by atoms with E-state index >= 15 is 0 Å². The maximum atomic E-state index is 6.57. The van der Waals surface area contributed by atoms with Crippen LogP contribution >= 0.6 is 0 Å². The van der Waals surface area contributed by atoms with Crippen LogP contribution < -0.4 is 0 Å². The fraction of sp³-hybridized carbons (Fsp3) is 0. The van der Waals surface area contributed by atoms with Gasteiger partial charge in [0.15, 0.2) is 17.5 Å². The zero-order chi connectivity index (χ0) is 35.6. The highest BCUT2D eigenvalue weighted by Crippen LogP contribution is 2.42. The van der Waals surface area contributed by atoms with Crippen molar-refractivity contribution >= 4 is 54.6 Å². The Morgan fingerprint density at radius 1 is 0.315 bits per heavy atom. The summed E-state index contributed by atoms with van der Waals surface area (Å²) in [6.07, 6.45) is 0. The van der Waals surface area contributed by atoms with Gasteiger partial charge in [-0.2, -0.15) is 0 Å². The van der Waals surface area contributed by atoms with Crippen LogP contribution in [0.4, 0.5) is 0 Å². The minimum Gasteiger partial charge on any atom is -0.456 e. The van der Waals surface area contributed by atoms with Crippen LogP contribution in [0.5, 0.6) is 0 Å². The fourth-order valence-electron chi connectivity index (χ4n) is 7.81. The van der Waals surface area contributed by atoms with Gasteiger partial charge in [-0.15, -0.1) is 0 Å². The number of fused-ring (bicyclic) bond motifs is 8. The van der Waals surface area contributed by atoms with Gasteiger partial charge in [0.05, 0.1) is 0 Å². The first-order valence-electron chi connectivity index (χ1n) is 18.0.